The number of nitrogens with one attached hydrogen (secondary N) is 2. The summed E-state index contributed by atoms with van der Waals surface area (Å²) in [4.78, 5) is 12.1. The highest BCUT2D eigenvalue weighted by Gasteiger charge is 2.21. The predicted octanol–water partition coefficient (Wildman–Crippen LogP) is 1.83. The lowest BCUT2D eigenvalue weighted by atomic mass is 9.96. The van der Waals surface area contributed by atoms with Crippen LogP contribution in [0.15, 0.2) is 24.3 Å². The third kappa shape index (κ3) is 4.53. The number of aryl methyl sites for hydroxylation is 1. The predicted molar refractivity (Wildman–Crippen MR) is 79.6 cm³/mol. The van der Waals surface area contributed by atoms with Crippen molar-refractivity contribution in [2.24, 2.45) is 5.92 Å². The molecule has 0 spiro atoms. The van der Waals surface area contributed by atoms with Crippen LogP contribution in [0.2, 0.25) is 0 Å². The fraction of sp³-hybridized carbons (Fsp3) is 0.562. The number of hydrogen-bond acceptors (Lipinski definition) is 3. The molecule has 1 aromatic rings. The number of benzene rings is 1. The average Bonchev–Trinajstić information content (AvgIpc) is 2.47. The molecule has 3 N–H and O–H groups in total. The summed E-state index contributed by atoms with van der Waals surface area (Å²) in [6.07, 6.45) is 3.71. The first-order chi connectivity index (χ1) is 9.65. The minimum atomic E-state index is 0.173. The Labute approximate surface area is 120 Å². The molecule has 1 fully saturated rings. The highest BCUT2D eigenvalue weighted by molar-refractivity contribution is 5.79. The van der Waals surface area contributed by atoms with Gasteiger partial charge in [0.25, 0.3) is 0 Å². The van der Waals surface area contributed by atoms with Gasteiger partial charge in [-0.2, -0.15) is 0 Å². The molecule has 1 amide bonds. The van der Waals surface area contributed by atoms with Crippen molar-refractivity contribution in [1.29, 1.82) is 0 Å². The third-order valence-electron chi connectivity index (χ3n) is 3.90. The molecule has 1 heterocycles. The van der Waals surface area contributed by atoms with E-state index in [2.05, 4.69) is 17.6 Å². The molecule has 0 aliphatic carbocycles. The molecular weight excluding hydrogens is 252 g/mol. The van der Waals surface area contributed by atoms with E-state index in [0.29, 0.717) is 5.75 Å². The van der Waals surface area contributed by atoms with Crippen molar-refractivity contribution in [3.63, 3.8) is 0 Å². The number of amides is 1. The van der Waals surface area contributed by atoms with Crippen LogP contribution in [0.1, 0.15) is 31.7 Å². The summed E-state index contributed by atoms with van der Waals surface area (Å²) in [6.45, 7) is 3.94. The van der Waals surface area contributed by atoms with E-state index < -0.39 is 0 Å². The molecule has 1 unspecified atom stereocenters. The number of rotatable bonds is 5. The van der Waals surface area contributed by atoms with E-state index in [1.54, 1.807) is 12.1 Å². The van der Waals surface area contributed by atoms with Gasteiger partial charge in [0.2, 0.25) is 5.91 Å². The van der Waals surface area contributed by atoms with Crippen molar-refractivity contribution in [2.45, 2.75) is 38.6 Å². The lowest BCUT2D eigenvalue weighted by Crippen LogP contribution is -2.41. The monoisotopic (exact) mass is 276 g/mol. The molecule has 0 aromatic heterocycles. The van der Waals surface area contributed by atoms with Gasteiger partial charge in [-0.05, 0) is 63.4 Å². The van der Waals surface area contributed by atoms with Gasteiger partial charge in [0.15, 0.2) is 0 Å². The standard InChI is InChI=1S/C16H24N2O2/c1-12(2-3-13-4-6-15(19)7-5-13)18-16(20)14-8-10-17-11-9-14/h4-7,12,14,17,19H,2-3,8-11H2,1H3,(H,18,20). The van der Waals surface area contributed by atoms with Crippen LogP contribution in [0, 0.1) is 5.92 Å². The Kier molecular flexibility index (Phi) is 5.41. The molecule has 1 saturated heterocycles. The van der Waals surface area contributed by atoms with Gasteiger partial charge in [0.05, 0.1) is 0 Å². The molecule has 4 heteroatoms. The Bertz CT molecular complexity index is 425. The lowest BCUT2D eigenvalue weighted by Gasteiger charge is -2.24. The summed E-state index contributed by atoms with van der Waals surface area (Å²) in [5.74, 6) is 0.665. The highest BCUT2D eigenvalue weighted by atomic mass is 16.3. The second-order valence-corrected chi connectivity index (χ2v) is 5.64. The van der Waals surface area contributed by atoms with E-state index in [1.807, 2.05) is 12.1 Å². The normalized spacial score (nSPS) is 17.6. The minimum absolute atomic E-state index is 0.173. The average molecular weight is 276 g/mol. The maximum Gasteiger partial charge on any atom is 0.223 e. The van der Waals surface area contributed by atoms with Gasteiger partial charge in [-0.15, -0.1) is 0 Å². The van der Waals surface area contributed by atoms with Crippen LogP contribution in [0.5, 0.6) is 5.75 Å². The zero-order chi connectivity index (χ0) is 14.4. The number of carbonyl (C=O) groups excluding carboxylic acids is 1. The van der Waals surface area contributed by atoms with Crippen molar-refractivity contribution < 1.29 is 9.90 Å². The molecule has 1 aliphatic rings. The largest absolute Gasteiger partial charge is 0.508 e. The van der Waals surface area contributed by atoms with Crippen LogP contribution in [-0.4, -0.2) is 30.1 Å². The molecule has 0 bridgehead atoms. The fourth-order valence-corrected chi connectivity index (χ4v) is 2.56. The van der Waals surface area contributed by atoms with Crippen LogP contribution < -0.4 is 10.6 Å². The number of phenolic OH excluding ortho intramolecular Hbond substituents is 1. The number of hydrogen-bond donors (Lipinski definition) is 3. The van der Waals surface area contributed by atoms with Crippen molar-refractivity contribution in [3.8, 4) is 5.75 Å². The third-order valence-corrected chi connectivity index (χ3v) is 3.90. The van der Waals surface area contributed by atoms with Crippen molar-refractivity contribution in [1.82, 2.24) is 10.6 Å². The Hall–Kier alpha value is -1.55. The van der Waals surface area contributed by atoms with Gasteiger partial charge >= 0.3 is 0 Å². The smallest absolute Gasteiger partial charge is 0.223 e. The van der Waals surface area contributed by atoms with Gasteiger partial charge in [-0.25, -0.2) is 0 Å². The summed E-state index contributed by atoms with van der Waals surface area (Å²) in [6, 6.07) is 7.44. The van der Waals surface area contributed by atoms with Gasteiger partial charge in [0.1, 0.15) is 5.75 Å². The lowest BCUT2D eigenvalue weighted by molar-refractivity contribution is -0.126. The number of carbonyl (C=O) groups is 1. The van der Waals surface area contributed by atoms with Crippen LogP contribution in [0.4, 0.5) is 0 Å². The van der Waals surface area contributed by atoms with E-state index in [4.69, 9.17) is 0 Å². The molecule has 1 atom stereocenters. The molecule has 0 saturated carbocycles. The number of piperidine rings is 1. The first-order valence-corrected chi connectivity index (χ1v) is 7.44. The van der Waals surface area contributed by atoms with Gasteiger partial charge < -0.3 is 15.7 Å². The first kappa shape index (κ1) is 14.9. The number of phenols is 1. The van der Waals surface area contributed by atoms with Gasteiger partial charge in [0, 0.05) is 12.0 Å². The second-order valence-electron chi connectivity index (χ2n) is 5.64. The summed E-state index contributed by atoms with van der Waals surface area (Å²) < 4.78 is 0. The van der Waals surface area contributed by atoms with E-state index in [1.165, 1.54) is 5.56 Å². The van der Waals surface area contributed by atoms with Gasteiger partial charge in [-0.1, -0.05) is 12.1 Å². The Morgan fingerprint density at radius 2 is 2.00 bits per heavy atom. The Morgan fingerprint density at radius 1 is 1.35 bits per heavy atom. The topological polar surface area (TPSA) is 61.4 Å². The quantitative estimate of drug-likeness (QED) is 0.769. The minimum Gasteiger partial charge on any atom is -0.508 e. The maximum atomic E-state index is 12.1. The highest BCUT2D eigenvalue weighted by Crippen LogP contribution is 2.14. The summed E-state index contributed by atoms with van der Waals surface area (Å²) >= 11 is 0. The van der Waals surface area contributed by atoms with Crippen LogP contribution in [0.3, 0.4) is 0 Å². The Balaban J connectivity index is 1.73. The van der Waals surface area contributed by atoms with E-state index >= 15 is 0 Å². The van der Waals surface area contributed by atoms with Crippen LogP contribution in [0.25, 0.3) is 0 Å². The Morgan fingerprint density at radius 3 is 2.65 bits per heavy atom. The molecule has 1 aliphatic heterocycles. The van der Waals surface area contributed by atoms with Crippen molar-refractivity contribution >= 4 is 5.91 Å². The van der Waals surface area contributed by atoms with E-state index in [-0.39, 0.29) is 17.9 Å². The first-order valence-electron chi connectivity index (χ1n) is 7.44. The molecule has 2 rings (SSSR count). The van der Waals surface area contributed by atoms with Crippen molar-refractivity contribution in [3.05, 3.63) is 29.8 Å². The number of aromatic hydroxyl groups is 1. The van der Waals surface area contributed by atoms with Crippen LogP contribution >= 0.6 is 0 Å². The SMILES string of the molecule is CC(CCc1ccc(O)cc1)NC(=O)C1CCNCC1. The summed E-state index contributed by atoms with van der Waals surface area (Å²) in [5, 5.41) is 15.6. The summed E-state index contributed by atoms with van der Waals surface area (Å²) in [7, 11) is 0. The molecule has 20 heavy (non-hydrogen) atoms. The molecular formula is C16H24N2O2. The molecule has 1 aromatic carbocycles. The van der Waals surface area contributed by atoms with E-state index in [0.717, 1.165) is 38.8 Å². The van der Waals surface area contributed by atoms with Gasteiger partial charge in [-0.3, -0.25) is 4.79 Å². The fourth-order valence-electron chi connectivity index (χ4n) is 2.56. The maximum absolute atomic E-state index is 12.1. The summed E-state index contributed by atoms with van der Waals surface area (Å²) in [5.41, 5.74) is 1.19. The van der Waals surface area contributed by atoms with Crippen molar-refractivity contribution in [2.75, 3.05) is 13.1 Å². The van der Waals surface area contributed by atoms with Crippen LogP contribution in [-0.2, 0) is 11.2 Å². The molecule has 0 radical (unpaired) electrons. The van der Waals surface area contributed by atoms with E-state index in [9.17, 15) is 9.90 Å². The second kappa shape index (κ2) is 7.29. The molecule has 4 nitrogen and oxygen atoms in total. The molecule has 110 valence electrons. The zero-order valence-electron chi connectivity index (χ0n) is 12.1. The zero-order valence-corrected chi connectivity index (χ0v) is 12.1.